The second kappa shape index (κ2) is 14.4. The number of carbonyl (C=O) groups excluding carboxylic acids is 1. The minimum atomic E-state index is -0.134. The molecule has 0 aliphatic carbocycles. The molecule has 0 bridgehead atoms. The quantitative estimate of drug-likeness (QED) is 0.172. The number of ether oxygens (including phenoxy) is 1. The maximum atomic E-state index is 13.3. The zero-order chi connectivity index (χ0) is 31.8. The molecule has 9 heteroatoms. The van der Waals surface area contributed by atoms with E-state index in [4.69, 9.17) is 9.72 Å². The molecular weight excluding hydrogens is 562 g/mol. The molecule has 0 spiro atoms. The highest BCUT2D eigenvalue weighted by atomic mass is 16.5. The zero-order valence-corrected chi connectivity index (χ0v) is 26.5. The van der Waals surface area contributed by atoms with E-state index in [-0.39, 0.29) is 5.91 Å². The van der Waals surface area contributed by atoms with Crippen LogP contribution < -0.4 is 10.1 Å². The first-order chi connectivity index (χ1) is 22.1. The Morgan fingerprint density at radius 2 is 1.69 bits per heavy atom. The highest BCUT2D eigenvalue weighted by Gasteiger charge is 2.17. The molecule has 1 amide bonds. The predicted octanol–water partition coefficient (Wildman–Crippen LogP) is 7.16. The van der Waals surface area contributed by atoms with E-state index in [9.17, 15) is 4.79 Å². The Labute approximate surface area is 263 Å². The molecule has 2 aromatic heterocycles. The minimum Gasteiger partial charge on any atom is -0.496 e. The molecule has 0 aliphatic heterocycles. The van der Waals surface area contributed by atoms with Crippen molar-refractivity contribution in [2.75, 3.05) is 7.11 Å². The minimum absolute atomic E-state index is 0.134. The predicted molar refractivity (Wildman–Crippen MR) is 178 cm³/mol. The van der Waals surface area contributed by atoms with Gasteiger partial charge in [-0.3, -0.25) is 4.79 Å². The summed E-state index contributed by atoms with van der Waals surface area (Å²) in [5.41, 5.74) is 8.56. The second-order valence-corrected chi connectivity index (χ2v) is 10.5. The van der Waals surface area contributed by atoms with Gasteiger partial charge in [0.05, 0.1) is 18.1 Å². The highest BCUT2D eigenvalue weighted by molar-refractivity contribution is 5.98. The first-order valence-corrected chi connectivity index (χ1v) is 15.4. The molecule has 0 saturated carbocycles. The van der Waals surface area contributed by atoms with Gasteiger partial charge < -0.3 is 14.6 Å². The summed E-state index contributed by atoms with van der Waals surface area (Å²) in [7, 11) is 1.63. The van der Waals surface area contributed by atoms with E-state index in [0.29, 0.717) is 24.5 Å². The third-order valence-corrected chi connectivity index (χ3v) is 7.61. The number of amides is 1. The fourth-order valence-corrected chi connectivity index (χ4v) is 5.47. The summed E-state index contributed by atoms with van der Waals surface area (Å²) in [6.45, 7) is 9.19. The van der Waals surface area contributed by atoms with Gasteiger partial charge in [-0.2, -0.15) is 5.21 Å². The number of benzene rings is 4. The van der Waals surface area contributed by atoms with Crippen LogP contribution in [0.15, 0.2) is 84.9 Å². The SMILES string of the molecule is CC.CCCc1nc2c(C)cc(C(=O)NCc3ccccc3OC)cc2n1Cc1ccc(-c2ccccc2-c2nn[nH]n2)cc1. The molecule has 9 nitrogen and oxygen atoms in total. The fourth-order valence-electron chi connectivity index (χ4n) is 5.47. The Kier molecular flexibility index (Phi) is 9.99. The van der Waals surface area contributed by atoms with Crippen molar-refractivity contribution in [2.24, 2.45) is 0 Å². The smallest absolute Gasteiger partial charge is 0.251 e. The van der Waals surface area contributed by atoms with Crippen LogP contribution in [0.3, 0.4) is 0 Å². The molecule has 2 N–H and O–H groups in total. The van der Waals surface area contributed by atoms with Crippen molar-refractivity contribution in [1.82, 2.24) is 35.5 Å². The lowest BCUT2D eigenvalue weighted by Gasteiger charge is -2.12. The van der Waals surface area contributed by atoms with Crippen molar-refractivity contribution >= 4 is 16.9 Å². The first-order valence-electron chi connectivity index (χ1n) is 15.4. The lowest BCUT2D eigenvalue weighted by atomic mass is 9.98. The van der Waals surface area contributed by atoms with E-state index in [1.165, 1.54) is 0 Å². The fraction of sp³-hybridized carbons (Fsp3) is 0.250. The molecule has 6 rings (SSSR count). The molecule has 0 saturated heterocycles. The van der Waals surface area contributed by atoms with Crippen LogP contribution in [0.25, 0.3) is 33.5 Å². The third-order valence-electron chi connectivity index (χ3n) is 7.61. The van der Waals surface area contributed by atoms with E-state index in [1.54, 1.807) is 7.11 Å². The number of hydrogen-bond donors (Lipinski definition) is 2. The number of nitrogens with one attached hydrogen (secondary N) is 2. The molecule has 45 heavy (non-hydrogen) atoms. The molecule has 0 radical (unpaired) electrons. The molecule has 0 aliphatic rings. The molecule has 4 aromatic carbocycles. The van der Waals surface area contributed by atoms with Gasteiger partial charge in [0, 0.05) is 36.2 Å². The van der Waals surface area contributed by atoms with Crippen LogP contribution in [0.4, 0.5) is 0 Å². The summed E-state index contributed by atoms with van der Waals surface area (Å²) < 4.78 is 7.68. The largest absolute Gasteiger partial charge is 0.496 e. The van der Waals surface area contributed by atoms with Gasteiger partial charge in [-0.05, 0) is 59.0 Å². The van der Waals surface area contributed by atoms with E-state index >= 15 is 0 Å². The number of methoxy groups -OCH3 is 1. The number of carbonyl (C=O) groups is 1. The summed E-state index contributed by atoms with van der Waals surface area (Å²) >= 11 is 0. The van der Waals surface area contributed by atoms with Crippen LogP contribution in [-0.2, 0) is 19.5 Å². The standard InChI is InChI=1S/C34H33N7O2.C2H6/c1-4-9-31-36-32-22(2)18-26(34(42)35-20-25-10-5-8-13-30(25)43-3)19-29(32)41(31)21-23-14-16-24(17-15-23)27-11-6-7-12-28(27)33-37-39-40-38-33;1-2/h5-8,10-19H,4,9,20-21H2,1-3H3,(H,35,42)(H,37,38,39,40);1-2H3. The monoisotopic (exact) mass is 601 g/mol. The average Bonchev–Trinajstić information content (AvgIpc) is 3.74. The lowest BCUT2D eigenvalue weighted by molar-refractivity contribution is 0.0950. The van der Waals surface area contributed by atoms with Crippen molar-refractivity contribution < 1.29 is 9.53 Å². The number of rotatable bonds is 10. The van der Waals surface area contributed by atoms with Gasteiger partial charge in [-0.15, -0.1) is 10.2 Å². The number of aryl methyl sites for hydroxylation is 2. The van der Waals surface area contributed by atoms with E-state index in [2.05, 4.69) is 67.8 Å². The molecule has 0 fully saturated rings. The van der Waals surface area contributed by atoms with E-state index in [0.717, 1.165) is 68.8 Å². The maximum Gasteiger partial charge on any atom is 0.251 e. The number of fused-ring (bicyclic) bond motifs is 1. The number of aromatic nitrogens is 6. The van der Waals surface area contributed by atoms with Gasteiger partial charge in [0.2, 0.25) is 5.82 Å². The van der Waals surface area contributed by atoms with Crippen LogP contribution in [-0.4, -0.2) is 43.2 Å². The topological polar surface area (TPSA) is 111 Å². The lowest BCUT2D eigenvalue weighted by Crippen LogP contribution is -2.23. The van der Waals surface area contributed by atoms with Gasteiger partial charge in [0.15, 0.2) is 0 Å². The van der Waals surface area contributed by atoms with Gasteiger partial charge in [0.1, 0.15) is 11.6 Å². The van der Waals surface area contributed by atoms with Crippen LogP contribution in [0, 0.1) is 6.92 Å². The molecular formula is C36H39N7O2. The Hall–Kier alpha value is -5.31. The van der Waals surface area contributed by atoms with Crippen LogP contribution in [0.1, 0.15) is 60.1 Å². The molecule has 0 unspecified atom stereocenters. The van der Waals surface area contributed by atoms with Gasteiger partial charge in [-0.1, -0.05) is 87.5 Å². The van der Waals surface area contributed by atoms with E-state index in [1.807, 2.05) is 75.4 Å². The Morgan fingerprint density at radius 3 is 2.40 bits per heavy atom. The van der Waals surface area contributed by atoms with Crippen LogP contribution in [0.2, 0.25) is 0 Å². The number of hydrogen-bond acceptors (Lipinski definition) is 6. The zero-order valence-electron chi connectivity index (χ0n) is 26.5. The number of H-pyrrole nitrogens is 1. The third kappa shape index (κ3) is 6.77. The van der Waals surface area contributed by atoms with Crippen LogP contribution in [0.5, 0.6) is 5.75 Å². The molecule has 6 aromatic rings. The van der Waals surface area contributed by atoms with Crippen molar-refractivity contribution in [3.05, 3.63) is 113 Å². The van der Waals surface area contributed by atoms with Gasteiger partial charge >= 0.3 is 0 Å². The first kappa shape index (κ1) is 31.1. The Balaban J connectivity index is 0.00000196. The number of imidazole rings is 1. The van der Waals surface area contributed by atoms with E-state index < -0.39 is 0 Å². The average molecular weight is 602 g/mol. The highest BCUT2D eigenvalue weighted by Crippen LogP contribution is 2.30. The summed E-state index contributed by atoms with van der Waals surface area (Å²) in [6.07, 6.45) is 1.82. The molecule has 0 atom stereocenters. The van der Waals surface area contributed by atoms with Gasteiger partial charge in [0.25, 0.3) is 5.91 Å². The molecule has 230 valence electrons. The normalized spacial score (nSPS) is 10.8. The maximum absolute atomic E-state index is 13.3. The summed E-state index contributed by atoms with van der Waals surface area (Å²) in [4.78, 5) is 18.3. The number of nitrogens with zero attached hydrogens (tertiary/aromatic N) is 5. The van der Waals surface area contributed by atoms with Crippen molar-refractivity contribution in [3.8, 4) is 28.3 Å². The van der Waals surface area contributed by atoms with Crippen molar-refractivity contribution in [2.45, 2.75) is 53.6 Å². The molecule has 2 heterocycles. The van der Waals surface area contributed by atoms with Crippen molar-refractivity contribution in [1.29, 1.82) is 0 Å². The Morgan fingerprint density at radius 1 is 0.956 bits per heavy atom. The number of para-hydroxylation sites is 1. The Bertz CT molecular complexity index is 1880. The summed E-state index contributed by atoms with van der Waals surface area (Å²) in [6, 6.07) is 28.1. The summed E-state index contributed by atoms with van der Waals surface area (Å²) in [5.74, 6) is 2.19. The number of aromatic amines is 1. The second-order valence-electron chi connectivity index (χ2n) is 10.5. The summed E-state index contributed by atoms with van der Waals surface area (Å²) in [5, 5.41) is 17.6. The van der Waals surface area contributed by atoms with Gasteiger partial charge in [-0.25, -0.2) is 4.98 Å². The van der Waals surface area contributed by atoms with Crippen molar-refractivity contribution in [3.63, 3.8) is 0 Å². The van der Waals surface area contributed by atoms with Crippen LogP contribution >= 0.6 is 0 Å². The number of tetrazole rings is 1.